The van der Waals surface area contributed by atoms with Gasteiger partial charge < -0.3 is 36.5 Å². The first-order valence-corrected chi connectivity index (χ1v) is 13.7. The second kappa shape index (κ2) is 10.8. The van der Waals surface area contributed by atoms with Crippen molar-refractivity contribution in [3.63, 3.8) is 0 Å². The number of hydrogen-bond donors (Lipinski definition) is 6. The Morgan fingerprint density at radius 3 is 2.41 bits per heavy atom. The zero-order valence-electron chi connectivity index (χ0n) is 23.1. The molecule has 220 valence electrons. The molecule has 0 bridgehead atoms. The predicted molar refractivity (Wildman–Crippen MR) is 150 cm³/mol. The van der Waals surface area contributed by atoms with Gasteiger partial charge in [-0.1, -0.05) is 29.0 Å². The van der Waals surface area contributed by atoms with E-state index in [9.17, 15) is 39.6 Å². The van der Waals surface area contributed by atoms with E-state index in [1.54, 1.807) is 46.1 Å². The summed E-state index contributed by atoms with van der Waals surface area (Å²) in [7, 11) is 6.56. The highest BCUT2D eigenvalue weighted by Crippen LogP contribution is 2.54. The summed E-state index contributed by atoms with van der Waals surface area (Å²) in [6.07, 6.45) is 0.0803. The van der Waals surface area contributed by atoms with Gasteiger partial charge in [-0.25, -0.2) is 0 Å². The molecular formula is C26H32N6O8S. The molecule has 0 saturated heterocycles. The molecule has 4 atom stereocenters. The highest BCUT2D eigenvalue weighted by atomic mass is 32.2. The zero-order chi connectivity index (χ0) is 30.5. The maximum atomic E-state index is 14.0. The molecule has 3 aliphatic carbocycles. The number of thioether (sulfide) groups is 1. The van der Waals surface area contributed by atoms with Crippen LogP contribution in [0.25, 0.3) is 0 Å². The van der Waals surface area contributed by atoms with E-state index >= 15 is 0 Å². The maximum absolute atomic E-state index is 14.0. The first kappa shape index (κ1) is 30.0. The Morgan fingerprint density at radius 1 is 1.20 bits per heavy atom. The van der Waals surface area contributed by atoms with Crippen molar-refractivity contribution in [1.82, 2.24) is 4.90 Å². The normalized spacial score (nSPS) is 25.8. The number of phenolic OH excluding ortho intramolecular Hbond substituents is 1. The monoisotopic (exact) mass is 588 g/mol. The van der Waals surface area contributed by atoms with Crippen molar-refractivity contribution >= 4 is 45.8 Å². The molecule has 0 heterocycles. The topological polar surface area (TPSA) is 218 Å². The third kappa shape index (κ3) is 4.53. The largest absolute Gasteiger partial charge is 0.510 e. The van der Waals surface area contributed by atoms with Gasteiger partial charge in [0.2, 0.25) is 5.78 Å². The summed E-state index contributed by atoms with van der Waals surface area (Å²) < 4.78 is 0. The quantitative estimate of drug-likeness (QED) is 0.0954. The molecule has 3 aliphatic rings. The maximum Gasteiger partial charge on any atom is 0.304 e. The van der Waals surface area contributed by atoms with Gasteiger partial charge >= 0.3 is 5.91 Å². The summed E-state index contributed by atoms with van der Waals surface area (Å²) in [6, 6.07) is 0.425. The summed E-state index contributed by atoms with van der Waals surface area (Å²) in [6.45, 7) is 1.78. The molecule has 1 aromatic carbocycles. The van der Waals surface area contributed by atoms with E-state index in [0.29, 0.717) is 17.0 Å². The van der Waals surface area contributed by atoms with Crippen molar-refractivity contribution in [2.24, 2.45) is 28.0 Å². The number of benzene rings is 1. The Balaban J connectivity index is 1.95. The van der Waals surface area contributed by atoms with Crippen LogP contribution in [0.5, 0.6) is 5.75 Å². The van der Waals surface area contributed by atoms with Crippen LogP contribution in [0, 0.1) is 11.8 Å². The van der Waals surface area contributed by atoms with E-state index in [2.05, 4.69) is 15.7 Å². The number of rotatable bonds is 5. The summed E-state index contributed by atoms with van der Waals surface area (Å²) in [5, 5.41) is 53.6. The molecule has 0 radical (unpaired) electrons. The number of nitrogens with one attached hydrogen (secondary N) is 1. The number of carbonyl (C=O) groups excluding carboxylic acids is 4. The lowest BCUT2D eigenvalue weighted by Gasteiger charge is -2.50. The number of nitrogens with two attached hydrogens (primary N) is 1. The summed E-state index contributed by atoms with van der Waals surface area (Å²) >= 11 is 0.968. The van der Waals surface area contributed by atoms with Gasteiger partial charge in [-0.15, -0.1) is 0 Å². The van der Waals surface area contributed by atoms with E-state index in [-0.39, 0.29) is 29.7 Å². The molecular weight excluding hydrogens is 556 g/mol. The number of nitrogens with zero attached hydrogens (tertiary/aromatic N) is 4. The average Bonchev–Trinajstić information content (AvgIpc) is 2.87. The Hall–Kier alpha value is -3.95. The molecule has 7 N–H and O–H groups in total. The zero-order valence-corrected chi connectivity index (χ0v) is 23.9. The van der Waals surface area contributed by atoms with E-state index in [1.165, 1.54) is 4.90 Å². The smallest absolute Gasteiger partial charge is 0.304 e. The Kier molecular flexibility index (Phi) is 7.90. The second-order valence-corrected chi connectivity index (χ2v) is 11.7. The number of phenols is 1. The lowest BCUT2D eigenvalue weighted by atomic mass is 9.58. The number of aromatic hydroxyl groups is 1. The van der Waals surface area contributed by atoms with Crippen molar-refractivity contribution in [2.45, 2.75) is 31.4 Å². The van der Waals surface area contributed by atoms with Crippen molar-refractivity contribution in [3.8, 4) is 5.75 Å². The SMILES string of the molecule is CCSC(=O)Nc1cc(N(C)C)c2c(c1O)C(=O)C1=C(O)[C@]3(O)C(=O)C(C(=O)N=NN)=C(O)[C@@H](N(C)C)[C@@H]3C[C@@H]1C2. The first-order valence-electron chi connectivity index (χ1n) is 12.7. The van der Waals surface area contributed by atoms with Crippen LogP contribution in [0.15, 0.2) is 39.1 Å². The molecule has 4 rings (SSSR count). The van der Waals surface area contributed by atoms with Crippen LogP contribution in [0.2, 0.25) is 0 Å². The molecule has 0 unspecified atom stereocenters. The minimum atomic E-state index is -2.78. The number of carbonyl (C=O) groups is 4. The number of ketones is 2. The van der Waals surface area contributed by atoms with Gasteiger partial charge in [-0.2, -0.15) is 0 Å². The fraction of sp³-hybridized carbons (Fsp3) is 0.462. The van der Waals surface area contributed by atoms with Crippen molar-refractivity contribution in [1.29, 1.82) is 0 Å². The van der Waals surface area contributed by atoms with Crippen molar-refractivity contribution < 1.29 is 39.6 Å². The lowest BCUT2D eigenvalue weighted by molar-refractivity contribution is -0.148. The fourth-order valence-electron chi connectivity index (χ4n) is 6.14. The highest BCUT2D eigenvalue weighted by molar-refractivity contribution is 8.13. The third-order valence-electron chi connectivity index (χ3n) is 7.81. The number of hydrogen-bond acceptors (Lipinski definition) is 12. The lowest BCUT2D eigenvalue weighted by Crippen LogP contribution is -2.63. The fourth-order valence-corrected chi connectivity index (χ4v) is 6.59. The second-order valence-electron chi connectivity index (χ2n) is 10.5. The highest BCUT2D eigenvalue weighted by Gasteiger charge is 2.63. The number of Topliss-reactive ketones (excluding diaryl/α,β-unsaturated/α-hetero) is 2. The number of allylic oxidation sites excluding steroid dienone is 1. The average molecular weight is 589 g/mol. The first-order chi connectivity index (χ1) is 19.2. The van der Waals surface area contributed by atoms with Crippen LogP contribution in [0.1, 0.15) is 29.3 Å². The van der Waals surface area contributed by atoms with E-state index in [1.807, 2.05) is 0 Å². The molecule has 0 fully saturated rings. The number of anilines is 2. The minimum absolute atomic E-state index is 0.0213. The summed E-state index contributed by atoms with van der Waals surface area (Å²) in [5.41, 5.74) is -3.22. The molecule has 15 heteroatoms. The van der Waals surface area contributed by atoms with Gasteiger partial charge in [-0.3, -0.25) is 24.1 Å². The van der Waals surface area contributed by atoms with Gasteiger partial charge in [0.15, 0.2) is 17.1 Å². The van der Waals surface area contributed by atoms with Gasteiger partial charge in [-0.05, 0) is 50.2 Å². The van der Waals surface area contributed by atoms with Crippen LogP contribution < -0.4 is 16.1 Å². The van der Waals surface area contributed by atoms with Crippen LogP contribution >= 0.6 is 11.8 Å². The summed E-state index contributed by atoms with van der Waals surface area (Å²) in [5.74, 6) is -2.14. The van der Waals surface area contributed by atoms with Crippen LogP contribution in [-0.4, -0.2) is 93.6 Å². The van der Waals surface area contributed by atoms with E-state index in [0.717, 1.165) is 11.8 Å². The minimum Gasteiger partial charge on any atom is -0.510 e. The molecule has 0 aliphatic heterocycles. The summed E-state index contributed by atoms with van der Waals surface area (Å²) in [4.78, 5) is 55.7. The third-order valence-corrected chi connectivity index (χ3v) is 8.46. The molecule has 0 saturated carbocycles. The van der Waals surface area contributed by atoms with Crippen LogP contribution in [0.3, 0.4) is 0 Å². The molecule has 0 spiro atoms. The van der Waals surface area contributed by atoms with Gasteiger partial charge in [0.25, 0.3) is 5.24 Å². The molecule has 41 heavy (non-hydrogen) atoms. The molecule has 1 aromatic rings. The molecule has 0 aromatic heterocycles. The van der Waals surface area contributed by atoms with Crippen LogP contribution in [0.4, 0.5) is 16.2 Å². The number of amides is 2. The van der Waals surface area contributed by atoms with Crippen molar-refractivity contribution in [3.05, 3.63) is 39.9 Å². The van der Waals surface area contributed by atoms with E-state index < -0.39 is 69.0 Å². The Morgan fingerprint density at radius 2 is 1.85 bits per heavy atom. The number of aliphatic hydroxyl groups is 3. The van der Waals surface area contributed by atoms with E-state index in [4.69, 9.17) is 5.84 Å². The van der Waals surface area contributed by atoms with Gasteiger partial charge in [0.05, 0.1) is 17.3 Å². The predicted octanol–water partition coefficient (Wildman–Crippen LogP) is 1.84. The van der Waals surface area contributed by atoms with Crippen LogP contribution in [-0.2, 0) is 16.0 Å². The molecule has 2 amide bonds. The van der Waals surface area contributed by atoms with Crippen molar-refractivity contribution in [2.75, 3.05) is 44.2 Å². The number of likely N-dealkylation sites (N-methyl/N-ethyl adjacent to an activating group) is 1. The van der Waals surface area contributed by atoms with Gasteiger partial charge in [0, 0.05) is 31.3 Å². The molecule has 14 nitrogen and oxygen atoms in total. The Labute approximate surface area is 239 Å². The van der Waals surface area contributed by atoms with Gasteiger partial charge in [0.1, 0.15) is 17.1 Å². The Bertz CT molecular complexity index is 1450. The standard InChI is InChI=1S/C26H32N6O8S/c1-6-41-25(39)28-13-9-14(31(2)3)11-7-10-8-12-18(32(4)5)21(35)17(24(38)29-30-27)23(37)26(12,40)22(36)15(10)20(34)16(11)19(13)33/h9-10,12,18,33,35-36,40H,6-8H2,1-5H3,(H,28,39)(H2,27,29,38)/t10-,12-,18-,26-/m0/s1. The number of aliphatic hydroxyl groups excluding tert-OH is 2. The number of fused-ring (bicyclic) bond motifs is 3.